The molecule has 3 heteroatoms. The van der Waals surface area contributed by atoms with Crippen molar-refractivity contribution < 1.29 is 9.59 Å². The predicted molar refractivity (Wildman–Crippen MR) is 65.7 cm³/mol. The summed E-state index contributed by atoms with van der Waals surface area (Å²) < 4.78 is 0. The molecular weight excluding hydrogens is 214 g/mol. The molecule has 1 aliphatic rings. The Morgan fingerprint density at radius 3 is 2.94 bits per heavy atom. The van der Waals surface area contributed by atoms with Crippen LogP contribution in [0.25, 0.3) is 0 Å². The maximum atomic E-state index is 11.8. The zero-order valence-electron chi connectivity index (χ0n) is 10.0. The molecule has 0 radical (unpaired) electrons. The van der Waals surface area contributed by atoms with E-state index in [1.54, 1.807) is 0 Å². The number of rotatable bonds is 3. The Morgan fingerprint density at radius 1 is 1.47 bits per heavy atom. The van der Waals surface area contributed by atoms with Gasteiger partial charge in [0.15, 0.2) is 5.78 Å². The Labute approximate surface area is 101 Å². The summed E-state index contributed by atoms with van der Waals surface area (Å²) in [6.07, 6.45) is 2.65. The highest BCUT2D eigenvalue weighted by molar-refractivity contribution is 5.91. The van der Waals surface area contributed by atoms with Crippen LogP contribution >= 0.6 is 0 Å². The highest BCUT2D eigenvalue weighted by Gasteiger charge is 2.25. The van der Waals surface area contributed by atoms with Gasteiger partial charge in [-0.3, -0.25) is 9.59 Å². The molecule has 1 aliphatic carbocycles. The first-order chi connectivity index (χ1) is 8.15. The monoisotopic (exact) mass is 231 g/mol. The third-order valence-corrected chi connectivity index (χ3v) is 3.09. The number of amides is 1. The summed E-state index contributed by atoms with van der Waals surface area (Å²) in [5.41, 5.74) is 2.14. The van der Waals surface area contributed by atoms with Crippen molar-refractivity contribution in [3.8, 4) is 0 Å². The van der Waals surface area contributed by atoms with Crippen LogP contribution in [0.4, 0.5) is 0 Å². The number of aryl methyl sites for hydroxylation is 1. The van der Waals surface area contributed by atoms with Crippen LogP contribution in [0.5, 0.6) is 0 Å². The molecule has 2 rings (SSSR count). The lowest BCUT2D eigenvalue weighted by atomic mass is 10.1. The minimum absolute atomic E-state index is 0.0594. The minimum Gasteiger partial charge on any atom is -0.346 e. The van der Waals surface area contributed by atoms with Crippen LogP contribution in [-0.4, -0.2) is 17.7 Å². The number of Topliss-reactive ketones (excluding diaryl/α,β-unsaturated/α-hetero) is 1. The second-order valence-electron chi connectivity index (χ2n) is 4.64. The largest absolute Gasteiger partial charge is 0.346 e. The molecule has 0 heterocycles. The topological polar surface area (TPSA) is 46.2 Å². The molecule has 90 valence electrons. The first-order valence-electron chi connectivity index (χ1n) is 6.03. The lowest BCUT2D eigenvalue weighted by Crippen LogP contribution is -2.38. The summed E-state index contributed by atoms with van der Waals surface area (Å²) in [6, 6.07) is 7.63. The van der Waals surface area contributed by atoms with E-state index in [4.69, 9.17) is 0 Å². The molecule has 17 heavy (non-hydrogen) atoms. The summed E-state index contributed by atoms with van der Waals surface area (Å²) in [7, 11) is 0. The van der Waals surface area contributed by atoms with E-state index < -0.39 is 0 Å². The summed E-state index contributed by atoms with van der Waals surface area (Å²) in [5, 5.41) is 2.81. The molecule has 1 N–H and O–H groups in total. The average Bonchev–Trinajstić information content (AvgIpc) is 2.64. The van der Waals surface area contributed by atoms with Gasteiger partial charge in [0.1, 0.15) is 0 Å². The smallest absolute Gasteiger partial charge is 0.224 e. The Kier molecular flexibility index (Phi) is 3.57. The van der Waals surface area contributed by atoms with E-state index in [-0.39, 0.29) is 17.7 Å². The molecule has 1 aromatic carbocycles. The number of nitrogens with one attached hydrogen (secondary N) is 1. The molecular formula is C14H17NO2. The van der Waals surface area contributed by atoms with Gasteiger partial charge >= 0.3 is 0 Å². The van der Waals surface area contributed by atoms with Gasteiger partial charge in [-0.05, 0) is 25.3 Å². The Bertz CT molecular complexity index is 440. The Morgan fingerprint density at radius 2 is 2.29 bits per heavy atom. The normalized spacial score (nSPS) is 19.4. The zero-order valence-corrected chi connectivity index (χ0v) is 10.0. The zero-order chi connectivity index (χ0) is 12.3. The fourth-order valence-electron chi connectivity index (χ4n) is 2.22. The molecule has 1 fully saturated rings. The molecule has 3 nitrogen and oxygen atoms in total. The van der Waals surface area contributed by atoms with Crippen molar-refractivity contribution in [2.45, 2.75) is 38.6 Å². The average molecular weight is 231 g/mol. The lowest BCUT2D eigenvalue weighted by Gasteiger charge is -2.10. The number of ketones is 1. The number of benzene rings is 1. The van der Waals surface area contributed by atoms with E-state index in [1.807, 2.05) is 31.2 Å². The van der Waals surface area contributed by atoms with Crippen LogP contribution < -0.4 is 5.32 Å². The summed E-state index contributed by atoms with van der Waals surface area (Å²) in [5.74, 6) is 0.110. The molecule has 0 unspecified atom stereocenters. The van der Waals surface area contributed by atoms with Crippen LogP contribution in [0, 0.1) is 6.92 Å². The minimum atomic E-state index is -0.243. The van der Waals surface area contributed by atoms with Crippen molar-refractivity contribution in [3.63, 3.8) is 0 Å². The number of hydrogen-bond acceptors (Lipinski definition) is 2. The van der Waals surface area contributed by atoms with Gasteiger partial charge in [-0.1, -0.05) is 29.8 Å². The Balaban J connectivity index is 1.91. The first-order valence-corrected chi connectivity index (χ1v) is 6.03. The highest BCUT2D eigenvalue weighted by atomic mass is 16.2. The third-order valence-electron chi connectivity index (χ3n) is 3.09. The number of hydrogen-bond donors (Lipinski definition) is 1. The quantitative estimate of drug-likeness (QED) is 0.861. The summed E-state index contributed by atoms with van der Waals surface area (Å²) in [4.78, 5) is 23.2. The van der Waals surface area contributed by atoms with E-state index in [0.29, 0.717) is 12.8 Å². The second kappa shape index (κ2) is 5.13. The molecule has 0 aromatic heterocycles. The fourth-order valence-corrected chi connectivity index (χ4v) is 2.22. The van der Waals surface area contributed by atoms with Crippen molar-refractivity contribution >= 4 is 11.7 Å². The van der Waals surface area contributed by atoms with Crippen molar-refractivity contribution in [1.82, 2.24) is 5.32 Å². The SMILES string of the molecule is Cc1cccc(CC(=O)N[C@@H]2CCCC2=O)c1. The molecule has 0 spiro atoms. The predicted octanol–water partition coefficient (Wildman–Crippen LogP) is 1.78. The number of carbonyl (C=O) groups excluding carboxylic acids is 2. The molecule has 1 atom stereocenters. The molecule has 0 bridgehead atoms. The van der Waals surface area contributed by atoms with Crippen LogP contribution in [0.1, 0.15) is 30.4 Å². The molecule has 0 aliphatic heterocycles. The van der Waals surface area contributed by atoms with Crippen LogP contribution in [0.2, 0.25) is 0 Å². The number of carbonyl (C=O) groups is 2. The van der Waals surface area contributed by atoms with Gasteiger partial charge in [0.2, 0.25) is 5.91 Å². The van der Waals surface area contributed by atoms with E-state index in [0.717, 1.165) is 24.0 Å². The van der Waals surface area contributed by atoms with Gasteiger partial charge < -0.3 is 5.32 Å². The molecule has 1 amide bonds. The standard InChI is InChI=1S/C14H17NO2/c1-10-4-2-5-11(8-10)9-14(17)15-12-6-3-7-13(12)16/h2,4-5,8,12H,3,6-7,9H2,1H3,(H,15,17)/t12-/m1/s1. The van der Waals surface area contributed by atoms with Gasteiger partial charge in [-0.25, -0.2) is 0 Å². The van der Waals surface area contributed by atoms with Crippen LogP contribution in [-0.2, 0) is 16.0 Å². The molecule has 0 saturated heterocycles. The van der Waals surface area contributed by atoms with Crippen molar-refractivity contribution in [3.05, 3.63) is 35.4 Å². The summed E-state index contributed by atoms with van der Waals surface area (Å²) >= 11 is 0. The summed E-state index contributed by atoms with van der Waals surface area (Å²) in [6.45, 7) is 2.00. The maximum absolute atomic E-state index is 11.8. The van der Waals surface area contributed by atoms with Crippen LogP contribution in [0.15, 0.2) is 24.3 Å². The third kappa shape index (κ3) is 3.16. The fraction of sp³-hybridized carbons (Fsp3) is 0.429. The lowest BCUT2D eigenvalue weighted by molar-refractivity contribution is -0.126. The second-order valence-corrected chi connectivity index (χ2v) is 4.64. The van der Waals surface area contributed by atoms with Crippen molar-refractivity contribution in [2.75, 3.05) is 0 Å². The van der Waals surface area contributed by atoms with E-state index in [2.05, 4.69) is 5.32 Å². The van der Waals surface area contributed by atoms with Crippen molar-refractivity contribution in [2.24, 2.45) is 0 Å². The highest BCUT2D eigenvalue weighted by Crippen LogP contribution is 2.14. The van der Waals surface area contributed by atoms with Gasteiger partial charge in [-0.15, -0.1) is 0 Å². The van der Waals surface area contributed by atoms with Gasteiger partial charge in [0.05, 0.1) is 12.5 Å². The van der Waals surface area contributed by atoms with Crippen molar-refractivity contribution in [1.29, 1.82) is 0 Å². The maximum Gasteiger partial charge on any atom is 0.224 e. The van der Waals surface area contributed by atoms with Crippen LogP contribution in [0.3, 0.4) is 0 Å². The molecule has 1 saturated carbocycles. The van der Waals surface area contributed by atoms with Gasteiger partial charge in [0, 0.05) is 6.42 Å². The van der Waals surface area contributed by atoms with E-state index in [9.17, 15) is 9.59 Å². The Hall–Kier alpha value is -1.64. The first kappa shape index (κ1) is 11.8. The van der Waals surface area contributed by atoms with Gasteiger partial charge in [-0.2, -0.15) is 0 Å². The van der Waals surface area contributed by atoms with E-state index >= 15 is 0 Å². The molecule has 1 aromatic rings. The van der Waals surface area contributed by atoms with E-state index in [1.165, 1.54) is 0 Å². The van der Waals surface area contributed by atoms with Gasteiger partial charge in [0.25, 0.3) is 0 Å².